The average molecular weight is 237 g/mol. The fourth-order valence-corrected chi connectivity index (χ4v) is 2.17. The largest absolute Gasteiger partial charge is 0.353 e. The molecule has 1 aromatic heterocycles. The lowest BCUT2D eigenvalue weighted by atomic mass is 10.2. The molecule has 0 aliphatic heterocycles. The Morgan fingerprint density at radius 2 is 1.72 bits per heavy atom. The van der Waals surface area contributed by atoms with Gasteiger partial charge in [0.25, 0.3) is 0 Å². The van der Waals surface area contributed by atoms with Crippen LogP contribution >= 0.6 is 0 Å². The smallest absolute Gasteiger partial charge is 0.158 e. The summed E-state index contributed by atoms with van der Waals surface area (Å²) in [5.74, 6) is 0.995. The zero-order valence-electron chi connectivity index (χ0n) is 10.3. The SMILES string of the molecule is CN(Cc1ccccc1)c1n[nH]c2ccccc12. The van der Waals surface area contributed by atoms with E-state index < -0.39 is 0 Å². The van der Waals surface area contributed by atoms with Crippen LogP contribution in [0.25, 0.3) is 10.9 Å². The number of nitrogens with one attached hydrogen (secondary N) is 1. The number of aromatic nitrogens is 2. The van der Waals surface area contributed by atoms with E-state index in [-0.39, 0.29) is 0 Å². The highest BCUT2D eigenvalue weighted by Crippen LogP contribution is 2.23. The van der Waals surface area contributed by atoms with Crippen LogP contribution in [-0.2, 0) is 6.54 Å². The molecule has 18 heavy (non-hydrogen) atoms. The van der Waals surface area contributed by atoms with Gasteiger partial charge in [0.1, 0.15) is 0 Å². The van der Waals surface area contributed by atoms with Crippen molar-refractivity contribution in [3.63, 3.8) is 0 Å². The topological polar surface area (TPSA) is 31.9 Å². The number of aromatic amines is 1. The molecule has 0 aliphatic carbocycles. The second-order valence-corrected chi connectivity index (χ2v) is 4.43. The molecule has 90 valence electrons. The third kappa shape index (κ3) is 1.95. The summed E-state index contributed by atoms with van der Waals surface area (Å²) in [6.07, 6.45) is 0. The van der Waals surface area contributed by atoms with Gasteiger partial charge in [-0.15, -0.1) is 0 Å². The molecule has 3 heteroatoms. The maximum absolute atomic E-state index is 4.39. The van der Waals surface area contributed by atoms with Crippen LogP contribution in [0.1, 0.15) is 5.56 Å². The molecule has 3 aromatic rings. The summed E-state index contributed by atoms with van der Waals surface area (Å²) in [5.41, 5.74) is 2.36. The van der Waals surface area contributed by atoms with Gasteiger partial charge in [0, 0.05) is 19.0 Å². The fraction of sp³-hybridized carbons (Fsp3) is 0.133. The molecule has 0 spiro atoms. The minimum atomic E-state index is 0.857. The summed E-state index contributed by atoms with van der Waals surface area (Å²) in [6.45, 7) is 0.857. The van der Waals surface area contributed by atoms with Gasteiger partial charge in [0.05, 0.1) is 5.52 Å². The number of hydrogen-bond donors (Lipinski definition) is 1. The van der Waals surface area contributed by atoms with E-state index >= 15 is 0 Å². The number of anilines is 1. The van der Waals surface area contributed by atoms with Crippen LogP contribution in [0.3, 0.4) is 0 Å². The van der Waals surface area contributed by atoms with Crippen LogP contribution in [0, 0.1) is 0 Å². The van der Waals surface area contributed by atoms with Gasteiger partial charge >= 0.3 is 0 Å². The van der Waals surface area contributed by atoms with Crippen LogP contribution in [-0.4, -0.2) is 17.2 Å². The number of H-pyrrole nitrogens is 1. The molecule has 1 N–H and O–H groups in total. The minimum Gasteiger partial charge on any atom is -0.353 e. The normalized spacial score (nSPS) is 10.7. The number of para-hydroxylation sites is 1. The van der Waals surface area contributed by atoms with E-state index in [9.17, 15) is 0 Å². The Hall–Kier alpha value is -2.29. The quantitative estimate of drug-likeness (QED) is 0.758. The van der Waals surface area contributed by atoms with E-state index in [1.165, 1.54) is 5.56 Å². The first-order valence-electron chi connectivity index (χ1n) is 6.03. The lowest BCUT2D eigenvalue weighted by Crippen LogP contribution is -2.16. The summed E-state index contributed by atoms with van der Waals surface area (Å²) in [7, 11) is 2.07. The van der Waals surface area contributed by atoms with Gasteiger partial charge in [-0.3, -0.25) is 5.10 Å². The molecule has 0 unspecified atom stereocenters. The van der Waals surface area contributed by atoms with E-state index in [1.54, 1.807) is 0 Å². The third-order valence-electron chi connectivity index (χ3n) is 3.07. The molecule has 0 bridgehead atoms. The molecular formula is C15H15N3. The Morgan fingerprint density at radius 1 is 1.00 bits per heavy atom. The van der Waals surface area contributed by atoms with Crippen molar-refractivity contribution in [3.05, 3.63) is 60.2 Å². The Labute approximate surface area is 106 Å². The Balaban J connectivity index is 1.90. The molecule has 0 saturated carbocycles. The van der Waals surface area contributed by atoms with Gasteiger partial charge in [-0.25, -0.2) is 0 Å². The number of nitrogens with zero attached hydrogens (tertiary/aromatic N) is 2. The van der Waals surface area contributed by atoms with Crippen LogP contribution in [0.5, 0.6) is 0 Å². The maximum Gasteiger partial charge on any atom is 0.158 e. The molecule has 0 amide bonds. The molecule has 3 nitrogen and oxygen atoms in total. The summed E-state index contributed by atoms with van der Waals surface area (Å²) in [5, 5.41) is 8.62. The number of fused-ring (bicyclic) bond motifs is 1. The summed E-state index contributed by atoms with van der Waals surface area (Å²) in [6, 6.07) is 18.6. The lowest BCUT2D eigenvalue weighted by molar-refractivity contribution is 0.891. The second-order valence-electron chi connectivity index (χ2n) is 4.43. The molecule has 0 aliphatic rings. The van der Waals surface area contributed by atoms with Gasteiger partial charge in [0.15, 0.2) is 5.82 Å². The van der Waals surface area contributed by atoms with E-state index in [0.29, 0.717) is 0 Å². The molecule has 0 saturated heterocycles. The van der Waals surface area contributed by atoms with Crippen molar-refractivity contribution in [2.75, 3.05) is 11.9 Å². The van der Waals surface area contributed by atoms with Gasteiger partial charge < -0.3 is 4.90 Å². The first-order valence-corrected chi connectivity index (χ1v) is 6.03. The Kier molecular flexibility index (Phi) is 2.73. The number of rotatable bonds is 3. The monoisotopic (exact) mass is 237 g/mol. The van der Waals surface area contributed by atoms with Crippen LogP contribution in [0.2, 0.25) is 0 Å². The van der Waals surface area contributed by atoms with Crippen molar-refractivity contribution < 1.29 is 0 Å². The number of hydrogen-bond acceptors (Lipinski definition) is 2. The van der Waals surface area contributed by atoms with Crippen molar-refractivity contribution in [3.8, 4) is 0 Å². The zero-order valence-corrected chi connectivity index (χ0v) is 10.3. The molecule has 0 radical (unpaired) electrons. The first-order chi connectivity index (χ1) is 8.84. The Bertz CT molecular complexity index is 643. The molecule has 0 atom stereocenters. The summed E-state index contributed by atoms with van der Waals surface area (Å²) in [4.78, 5) is 2.16. The van der Waals surface area contributed by atoms with Crippen molar-refractivity contribution in [2.45, 2.75) is 6.54 Å². The van der Waals surface area contributed by atoms with Crippen molar-refractivity contribution >= 4 is 16.7 Å². The summed E-state index contributed by atoms with van der Waals surface area (Å²) >= 11 is 0. The maximum atomic E-state index is 4.39. The Morgan fingerprint density at radius 3 is 2.56 bits per heavy atom. The highest BCUT2D eigenvalue weighted by Gasteiger charge is 2.09. The standard InChI is InChI=1S/C15H15N3/c1-18(11-12-7-3-2-4-8-12)15-13-9-5-6-10-14(13)16-17-15/h2-10H,11H2,1H3,(H,16,17). The van der Waals surface area contributed by atoms with Crippen molar-refractivity contribution in [1.29, 1.82) is 0 Å². The predicted molar refractivity (Wildman–Crippen MR) is 74.6 cm³/mol. The minimum absolute atomic E-state index is 0.857. The fourth-order valence-electron chi connectivity index (χ4n) is 2.17. The second kappa shape index (κ2) is 4.53. The number of benzene rings is 2. The van der Waals surface area contributed by atoms with E-state index in [2.05, 4.69) is 52.5 Å². The van der Waals surface area contributed by atoms with Crippen molar-refractivity contribution in [2.24, 2.45) is 0 Å². The molecule has 1 heterocycles. The predicted octanol–water partition coefficient (Wildman–Crippen LogP) is 3.20. The van der Waals surface area contributed by atoms with Gasteiger partial charge in [-0.2, -0.15) is 5.10 Å². The van der Waals surface area contributed by atoms with Crippen LogP contribution < -0.4 is 4.90 Å². The molecule has 3 rings (SSSR count). The molecule has 2 aromatic carbocycles. The highest BCUT2D eigenvalue weighted by molar-refractivity contribution is 5.89. The van der Waals surface area contributed by atoms with Gasteiger partial charge in [-0.05, 0) is 17.7 Å². The van der Waals surface area contributed by atoms with Crippen molar-refractivity contribution in [1.82, 2.24) is 10.2 Å². The van der Waals surface area contributed by atoms with Crippen LogP contribution in [0.15, 0.2) is 54.6 Å². The van der Waals surface area contributed by atoms with Gasteiger partial charge in [-0.1, -0.05) is 42.5 Å². The lowest BCUT2D eigenvalue weighted by Gasteiger charge is -2.16. The zero-order chi connectivity index (χ0) is 12.4. The van der Waals surface area contributed by atoms with Crippen LogP contribution in [0.4, 0.5) is 5.82 Å². The van der Waals surface area contributed by atoms with E-state index in [1.807, 2.05) is 24.3 Å². The highest BCUT2D eigenvalue weighted by atomic mass is 15.3. The molecule has 0 fully saturated rings. The van der Waals surface area contributed by atoms with E-state index in [4.69, 9.17) is 0 Å². The van der Waals surface area contributed by atoms with Gasteiger partial charge in [0.2, 0.25) is 0 Å². The third-order valence-corrected chi connectivity index (χ3v) is 3.07. The first kappa shape index (κ1) is 10.8. The summed E-state index contributed by atoms with van der Waals surface area (Å²) < 4.78 is 0. The molecular weight excluding hydrogens is 222 g/mol. The average Bonchev–Trinajstić information content (AvgIpc) is 2.84. The van der Waals surface area contributed by atoms with E-state index in [0.717, 1.165) is 23.3 Å².